The first-order chi connectivity index (χ1) is 9.85. The maximum atomic E-state index is 11.8. The Labute approximate surface area is 123 Å². The average molecular weight is 317 g/mol. The minimum Gasteiger partial charge on any atom is -0.383 e. The minimum absolute atomic E-state index is 0.00151. The van der Waals surface area contributed by atoms with Crippen LogP contribution in [0, 0.1) is 11.3 Å². The number of ether oxygens (including phenoxy) is 2. The molecule has 0 fully saturated rings. The number of anilines is 2. The fraction of sp³-hybridized carbons (Fsp3) is 0.636. The number of nitriles is 1. The van der Waals surface area contributed by atoms with Gasteiger partial charge in [0.05, 0.1) is 25.6 Å². The summed E-state index contributed by atoms with van der Waals surface area (Å²) in [6, 6.07) is 1.95. The van der Waals surface area contributed by atoms with E-state index in [9.17, 15) is 8.42 Å². The molecule has 0 saturated heterocycles. The lowest BCUT2D eigenvalue weighted by molar-refractivity contribution is -0.0914. The van der Waals surface area contributed by atoms with Crippen LogP contribution in [0.25, 0.3) is 0 Å². The number of sulfone groups is 1. The molecule has 0 radical (unpaired) electrons. The summed E-state index contributed by atoms with van der Waals surface area (Å²) in [5.41, 5.74) is 5.81. The van der Waals surface area contributed by atoms with E-state index in [0.29, 0.717) is 0 Å². The Morgan fingerprint density at radius 3 is 2.57 bits per heavy atom. The van der Waals surface area contributed by atoms with E-state index in [1.54, 1.807) is 0 Å². The summed E-state index contributed by atoms with van der Waals surface area (Å²) >= 11 is 0. The van der Waals surface area contributed by atoms with Crippen molar-refractivity contribution in [3.05, 3.63) is 0 Å². The summed E-state index contributed by atoms with van der Waals surface area (Å²) in [4.78, 5) is -0.0913. The van der Waals surface area contributed by atoms with Gasteiger partial charge in [0.25, 0.3) is 0 Å². The zero-order chi connectivity index (χ0) is 16.0. The van der Waals surface area contributed by atoms with Crippen LogP contribution in [0.4, 0.5) is 11.6 Å². The van der Waals surface area contributed by atoms with Crippen LogP contribution in [0.5, 0.6) is 0 Å². The van der Waals surface area contributed by atoms with Crippen LogP contribution >= 0.6 is 0 Å². The standard InChI is InChI=1S/C11H19N5O4S/c1-19-8(20-2)7-14-11-9(21(3,17)18)10(13)16(15-11)6-4-5-12/h8H,4,6-7,13H2,1-3H3,(H,14,15). The van der Waals surface area contributed by atoms with Gasteiger partial charge >= 0.3 is 0 Å². The van der Waals surface area contributed by atoms with E-state index in [4.69, 9.17) is 20.5 Å². The Morgan fingerprint density at radius 1 is 1.48 bits per heavy atom. The van der Waals surface area contributed by atoms with Gasteiger partial charge in [0.1, 0.15) is 5.82 Å². The van der Waals surface area contributed by atoms with Crippen molar-refractivity contribution in [1.82, 2.24) is 9.78 Å². The number of hydrogen-bond donors (Lipinski definition) is 2. The molecule has 0 aliphatic rings. The van der Waals surface area contributed by atoms with Gasteiger partial charge in [0, 0.05) is 20.5 Å². The Hall–Kier alpha value is -1.83. The molecule has 0 aromatic carbocycles. The Bertz CT molecular complexity index is 615. The molecule has 10 heteroatoms. The molecule has 1 aromatic heterocycles. The number of hydrogen-bond acceptors (Lipinski definition) is 8. The molecule has 118 valence electrons. The zero-order valence-corrected chi connectivity index (χ0v) is 13.0. The molecule has 0 unspecified atom stereocenters. The SMILES string of the molecule is COC(CNc1nn(CCC#N)c(N)c1S(C)(=O)=O)OC. The largest absolute Gasteiger partial charge is 0.383 e. The van der Waals surface area contributed by atoms with E-state index in [1.165, 1.54) is 18.9 Å². The number of aromatic nitrogens is 2. The van der Waals surface area contributed by atoms with E-state index < -0.39 is 16.1 Å². The van der Waals surface area contributed by atoms with Gasteiger partial charge in [-0.05, 0) is 0 Å². The number of nitrogens with one attached hydrogen (secondary N) is 1. The summed E-state index contributed by atoms with van der Waals surface area (Å²) in [6.07, 6.45) is 0.667. The molecule has 0 atom stereocenters. The second-order valence-corrected chi connectivity index (χ2v) is 6.20. The molecule has 0 aliphatic carbocycles. The van der Waals surface area contributed by atoms with Gasteiger partial charge < -0.3 is 20.5 Å². The molecule has 3 N–H and O–H groups in total. The van der Waals surface area contributed by atoms with E-state index >= 15 is 0 Å². The summed E-state index contributed by atoms with van der Waals surface area (Å²) in [7, 11) is -0.634. The first kappa shape index (κ1) is 17.2. The van der Waals surface area contributed by atoms with Gasteiger partial charge in [0.15, 0.2) is 26.8 Å². The van der Waals surface area contributed by atoms with Crippen molar-refractivity contribution in [3.63, 3.8) is 0 Å². The summed E-state index contributed by atoms with van der Waals surface area (Å²) in [5, 5.41) is 15.5. The van der Waals surface area contributed by atoms with Crippen LogP contribution in [0.2, 0.25) is 0 Å². The van der Waals surface area contributed by atoms with Gasteiger partial charge in [-0.15, -0.1) is 0 Å². The highest BCUT2D eigenvalue weighted by Gasteiger charge is 2.24. The molecule has 0 aliphatic heterocycles. The number of nitrogen functional groups attached to an aromatic ring is 1. The van der Waals surface area contributed by atoms with E-state index in [2.05, 4.69) is 10.4 Å². The van der Waals surface area contributed by atoms with Gasteiger partial charge in [0.2, 0.25) is 0 Å². The van der Waals surface area contributed by atoms with Crippen LogP contribution in [0.1, 0.15) is 6.42 Å². The van der Waals surface area contributed by atoms with E-state index in [-0.39, 0.29) is 36.0 Å². The fourth-order valence-corrected chi connectivity index (χ4v) is 2.66. The lowest BCUT2D eigenvalue weighted by atomic mass is 10.4. The maximum absolute atomic E-state index is 11.8. The smallest absolute Gasteiger partial charge is 0.182 e. The summed E-state index contributed by atoms with van der Waals surface area (Å²) < 4.78 is 35.0. The van der Waals surface area contributed by atoms with Crippen molar-refractivity contribution in [2.75, 3.05) is 38.1 Å². The molecule has 1 rings (SSSR count). The van der Waals surface area contributed by atoms with Gasteiger partial charge in [-0.25, -0.2) is 13.1 Å². The Morgan fingerprint density at radius 2 is 2.10 bits per heavy atom. The lowest BCUT2D eigenvalue weighted by Gasteiger charge is -2.14. The molecule has 9 nitrogen and oxygen atoms in total. The molecule has 0 amide bonds. The highest BCUT2D eigenvalue weighted by atomic mass is 32.2. The van der Waals surface area contributed by atoms with Crippen LogP contribution in [0.15, 0.2) is 4.90 Å². The van der Waals surface area contributed by atoms with Crippen molar-refractivity contribution in [2.24, 2.45) is 0 Å². The predicted octanol–water partition coefficient (Wildman–Crippen LogP) is -0.187. The number of aryl methyl sites for hydroxylation is 1. The molecular weight excluding hydrogens is 298 g/mol. The predicted molar refractivity (Wildman–Crippen MR) is 76.3 cm³/mol. The average Bonchev–Trinajstić information content (AvgIpc) is 2.73. The first-order valence-electron chi connectivity index (χ1n) is 6.07. The summed E-state index contributed by atoms with van der Waals surface area (Å²) in [6.45, 7) is 0.411. The highest BCUT2D eigenvalue weighted by Crippen LogP contribution is 2.27. The number of methoxy groups -OCH3 is 2. The van der Waals surface area contributed by atoms with Crippen LogP contribution in [-0.2, 0) is 25.9 Å². The van der Waals surface area contributed by atoms with Gasteiger partial charge in [-0.3, -0.25) is 0 Å². The van der Waals surface area contributed by atoms with E-state index in [1.807, 2.05) is 6.07 Å². The Balaban J connectivity index is 3.09. The monoisotopic (exact) mass is 317 g/mol. The number of rotatable bonds is 8. The first-order valence-corrected chi connectivity index (χ1v) is 7.97. The second-order valence-electron chi connectivity index (χ2n) is 4.25. The van der Waals surface area contributed by atoms with Crippen molar-refractivity contribution >= 4 is 21.5 Å². The topological polar surface area (TPSA) is 132 Å². The van der Waals surface area contributed by atoms with E-state index in [0.717, 1.165) is 6.26 Å². The molecule has 21 heavy (non-hydrogen) atoms. The van der Waals surface area contributed by atoms with Crippen LogP contribution in [-0.4, -0.2) is 51.5 Å². The second kappa shape index (κ2) is 7.26. The normalized spacial score (nSPS) is 11.6. The third-order valence-electron chi connectivity index (χ3n) is 2.71. The molecule has 1 aromatic rings. The maximum Gasteiger partial charge on any atom is 0.182 e. The van der Waals surface area contributed by atoms with Crippen molar-refractivity contribution in [1.29, 1.82) is 5.26 Å². The number of nitrogens with two attached hydrogens (primary N) is 1. The van der Waals surface area contributed by atoms with Crippen molar-refractivity contribution < 1.29 is 17.9 Å². The minimum atomic E-state index is -3.57. The highest BCUT2D eigenvalue weighted by molar-refractivity contribution is 7.91. The quantitative estimate of drug-likeness (QED) is 0.631. The van der Waals surface area contributed by atoms with Crippen molar-refractivity contribution in [3.8, 4) is 6.07 Å². The molecule has 0 bridgehead atoms. The van der Waals surface area contributed by atoms with Crippen molar-refractivity contribution in [2.45, 2.75) is 24.2 Å². The molecular formula is C11H19N5O4S. The fourth-order valence-electron chi connectivity index (χ4n) is 1.71. The third-order valence-corrected chi connectivity index (χ3v) is 3.86. The van der Waals surface area contributed by atoms with Gasteiger partial charge in [-0.1, -0.05) is 0 Å². The lowest BCUT2D eigenvalue weighted by Crippen LogP contribution is -2.24. The number of nitrogens with zero attached hydrogens (tertiary/aromatic N) is 3. The van der Waals surface area contributed by atoms with Crippen LogP contribution in [0.3, 0.4) is 0 Å². The summed E-state index contributed by atoms with van der Waals surface area (Å²) in [5.74, 6) is 0.119. The molecule has 1 heterocycles. The third kappa shape index (κ3) is 4.32. The molecule has 0 spiro atoms. The molecule has 0 saturated carbocycles. The van der Waals surface area contributed by atoms with Gasteiger partial charge in [-0.2, -0.15) is 10.4 Å². The Kier molecular flexibility index (Phi) is 5.95. The zero-order valence-electron chi connectivity index (χ0n) is 12.2. The van der Waals surface area contributed by atoms with Crippen LogP contribution < -0.4 is 11.1 Å².